The van der Waals surface area contributed by atoms with Crippen molar-refractivity contribution in [1.29, 1.82) is 0 Å². The summed E-state index contributed by atoms with van der Waals surface area (Å²) < 4.78 is 39.9. The van der Waals surface area contributed by atoms with Crippen LogP contribution < -0.4 is 0 Å². The first kappa shape index (κ1) is 26.5. The third-order valence-electron chi connectivity index (χ3n) is 8.93. The van der Waals surface area contributed by atoms with Crippen molar-refractivity contribution in [2.24, 2.45) is 0 Å². The van der Waals surface area contributed by atoms with Crippen LogP contribution in [0.1, 0.15) is 77.0 Å². The fourth-order valence-electron chi connectivity index (χ4n) is 7.19. The third kappa shape index (κ3) is 5.72. The Morgan fingerprint density at radius 3 is 0.939 bits per heavy atom. The predicted molar refractivity (Wildman–Crippen MR) is 137 cm³/mol. The van der Waals surface area contributed by atoms with Crippen molar-refractivity contribution in [2.75, 3.05) is 41.2 Å². The smallest absolute Gasteiger partial charge is 0.326 e. The first-order valence-electron chi connectivity index (χ1n) is 13.7. The normalized spacial score (nSPS) is 36.8. The number of ether oxygens (including phenoxy) is 3. The molecular formula is C24H48O6Si3. The minimum atomic E-state index is -2.51. The van der Waals surface area contributed by atoms with Crippen molar-refractivity contribution in [1.82, 2.24) is 0 Å². The van der Waals surface area contributed by atoms with E-state index in [9.17, 15) is 0 Å². The molecule has 1 aliphatic heterocycles. The highest BCUT2D eigenvalue weighted by Crippen LogP contribution is 2.57. The van der Waals surface area contributed by atoms with Crippen molar-refractivity contribution in [3.63, 3.8) is 0 Å². The quantitative estimate of drug-likeness (QED) is 0.290. The molecule has 0 aromatic carbocycles. The Bertz CT molecular complexity index is 504. The highest BCUT2D eigenvalue weighted by atomic mass is 28.5. The van der Waals surface area contributed by atoms with Crippen LogP contribution in [0.4, 0.5) is 0 Å². The second kappa shape index (κ2) is 12.1. The molecule has 1 saturated heterocycles. The van der Waals surface area contributed by atoms with E-state index in [1.807, 2.05) is 21.3 Å². The lowest BCUT2D eigenvalue weighted by molar-refractivity contribution is 0.143. The monoisotopic (exact) mass is 516 g/mol. The molecule has 0 bridgehead atoms. The molecular weight excluding hydrogens is 469 g/mol. The fraction of sp³-hybridized carbons (Fsp3) is 1.00. The molecule has 4 rings (SSSR count). The second-order valence-corrected chi connectivity index (χ2v) is 22.2. The van der Waals surface area contributed by atoms with Crippen molar-refractivity contribution < 1.29 is 26.6 Å². The van der Waals surface area contributed by atoms with Gasteiger partial charge in [-0.3, -0.25) is 0 Å². The lowest BCUT2D eigenvalue weighted by Gasteiger charge is -2.58. The third-order valence-corrected chi connectivity index (χ3v) is 25.4. The SMILES string of the molecule is COCC[Si]1(C2CCCC2)O[Si](CCOC)(C2CCCC2)O[Si](CCOC)(C2CCCC2)O1. The summed E-state index contributed by atoms with van der Waals surface area (Å²) in [4.78, 5) is 0. The lowest BCUT2D eigenvalue weighted by Crippen LogP contribution is -2.74. The zero-order valence-electron chi connectivity index (χ0n) is 21.4. The molecule has 0 aromatic heterocycles. The molecule has 33 heavy (non-hydrogen) atoms. The van der Waals surface area contributed by atoms with E-state index in [1.165, 1.54) is 77.0 Å². The molecule has 3 saturated carbocycles. The van der Waals surface area contributed by atoms with Gasteiger partial charge in [0.15, 0.2) is 0 Å². The van der Waals surface area contributed by atoms with E-state index in [0.717, 1.165) is 38.0 Å². The average molecular weight is 517 g/mol. The minimum Gasteiger partial charge on any atom is -0.415 e. The van der Waals surface area contributed by atoms with Gasteiger partial charge in [-0.05, 0) is 38.5 Å². The van der Waals surface area contributed by atoms with Crippen molar-refractivity contribution in [3.8, 4) is 0 Å². The number of methoxy groups -OCH3 is 3. The summed E-state index contributed by atoms with van der Waals surface area (Å²) >= 11 is 0. The summed E-state index contributed by atoms with van der Waals surface area (Å²) in [6.07, 6.45) is 15.4. The van der Waals surface area contributed by atoms with Crippen LogP contribution in [0, 0.1) is 0 Å². The van der Waals surface area contributed by atoms with Crippen LogP contribution in [0.25, 0.3) is 0 Å². The zero-order valence-corrected chi connectivity index (χ0v) is 24.4. The Morgan fingerprint density at radius 2 is 0.727 bits per heavy atom. The van der Waals surface area contributed by atoms with Gasteiger partial charge in [0.25, 0.3) is 0 Å². The van der Waals surface area contributed by atoms with Crippen LogP contribution >= 0.6 is 0 Å². The summed E-state index contributed by atoms with van der Waals surface area (Å²) in [7, 11) is -2.06. The van der Waals surface area contributed by atoms with Crippen LogP contribution in [-0.4, -0.2) is 66.8 Å². The van der Waals surface area contributed by atoms with E-state index in [4.69, 9.17) is 26.6 Å². The Labute approximate surface area is 205 Å². The van der Waals surface area contributed by atoms with E-state index in [2.05, 4.69) is 0 Å². The molecule has 1 heterocycles. The summed E-state index contributed by atoms with van der Waals surface area (Å²) in [6.45, 7) is 2.21. The summed E-state index contributed by atoms with van der Waals surface area (Å²) in [6, 6.07) is 2.88. The van der Waals surface area contributed by atoms with Crippen molar-refractivity contribution in [3.05, 3.63) is 0 Å². The highest BCUT2D eigenvalue weighted by Gasteiger charge is 2.68. The molecule has 0 radical (unpaired) electrons. The van der Waals surface area contributed by atoms with Crippen LogP contribution in [0.3, 0.4) is 0 Å². The van der Waals surface area contributed by atoms with Gasteiger partial charge < -0.3 is 26.6 Å². The molecule has 0 unspecified atom stereocenters. The van der Waals surface area contributed by atoms with Gasteiger partial charge in [-0.25, -0.2) is 0 Å². The van der Waals surface area contributed by atoms with Gasteiger partial charge in [-0.1, -0.05) is 38.5 Å². The van der Waals surface area contributed by atoms with Crippen molar-refractivity contribution >= 4 is 25.7 Å². The molecule has 4 aliphatic rings. The Kier molecular flexibility index (Phi) is 9.71. The van der Waals surface area contributed by atoms with Gasteiger partial charge in [-0.15, -0.1) is 0 Å². The Morgan fingerprint density at radius 1 is 0.485 bits per heavy atom. The van der Waals surface area contributed by atoms with E-state index in [-0.39, 0.29) is 0 Å². The number of rotatable bonds is 12. The first-order valence-corrected chi connectivity index (χ1v) is 20.0. The highest BCUT2D eigenvalue weighted by molar-refractivity contribution is 6.96. The fourth-order valence-corrected chi connectivity index (χ4v) is 28.8. The molecule has 0 amide bonds. The average Bonchev–Trinajstić information content (AvgIpc) is 3.62. The lowest BCUT2D eigenvalue weighted by atomic mass is 10.4. The molecule has 3 aliphatic carbocycles. The largest absolute Gasteiger partial charge is 0.415 e. The van der Waals surface area contributed by atoms with E-state index in [0.29, 0.717) is 16.6 Å². The van der Waals surface area contributed by atoms with Gasteiger partial charge in [0, 0.05) is 75.9 Å². The van der Waals surface area contributed by atoms with Crippen molar-refractivity contribution in [2.45, 2.75) is 112 Å². The van der Waals surface area contributed by atoms with Gasteiger partial charge in [-0.2, -0.15) is 0 Å². The maximum absolute atomic E-state index is 7.60. The van der Waals surface area contributed by atoms with Crippen LogP contribution in [0.2, 0.25) is 34.8 Å². The summed E-state index contributed by atoms with van der Waals surface area (Å²) in [5, 5.41) is 0. The van der Waals surface area contributed by atoms with Gasteiger partial charge in [0.2, 0.25) is 0 Å². The van der Waals surface area contributed by atoms with Gasteiger partial charge in [0.05, 0.1) is 0 Å². The van der Waals surface area contributed by atoms with Crippen LogP contribution in [0.5, 0.6) is 0 Å². The number of hydrogen-bond acceptors (Lipinski definition) is 6. The van der Waals surface area contributed by atoms with E-state index in [1.54, 1.807) is 0 Å². The van der Waals surface area contributed by atoms with E-state index < -0.39 is 25.7 Å². The topological polar surface area (TPSA) is 55.4 Å². The van der Waals surface area contributed by atoms with E-state index >= 15 is 0 Å². The first-order chi connectivity index (χ1) is 16.1. The Hall–Kier alpha value is 0.411. The van der Waals surface area contributed by atoms with Gasteiger partial charge >= 0.3 is 25.7 Å². The zero-order chi connectivity index (χ0) is 23.2. The molecule has 192 valence electrons. The summed E-state index contributed by atoms with van der Waals surface area (Å²) in [5.74, 6) is 0. The maximum Gasteiger partial charge on any atom is 0.326 e. The minimum absolute atomic E-state index is 0.586. The molecule has 0 N–H and O–H groups in total. The molecule has 0 spiro atoms. The van der Waals surface area contributed by atoms with Gasteiger partial charge in [0.1, 0.15) is 0 Å². The Balaban J connectivity index is 1.79. The van der Waals surface area contributed by atoms with Crippen LogP contribution in [0.15, 0.2) is 0 Å². The second-order valence-electron chi connectivity index (χ2n) is 10.9. The standard InChI is InChI=1S/C24H48O6Si3/c1-25-16-19-31(22-10-4-5-11-22)28-32(20-17-26-2,23-12-6-7-13-23)30-33(29-31,21-18-27-3)24-14-8-9-15-24/h22-24H,4-21H2,1-3H3. The number of hydrogen-bond donors (Lipinski definition) is 0. The molecule has 9 heteroatoms. The molecule has 6 nitrogen and oxygen atoms in total. The molecule has 0 aromatic rings. The maximum atomic E-state index is 7.60. The molecule has 0 atom stereocenters. The molecule has 4 fully saturated rings. The summed E-state index contributed by atoms with van der Waals surface area (Å²) in [5.41, 5.74) is 1.76. The predicted octanol–water partition coefficient (Wildman–Crippen LogP) is 6.15. The van der Waals surface area contributed by atoms with Crippen LogP contribution in [-0.2, 0) is 26.6 Å².